The number of hydrogen-bond acceptors (Lipinski definition) is 3. The molecule has 0 N–H and O–H groups in total. The number of aromatic nitrogens is 3. The third-order valence-electron chi connectivity index (χ3n) is 1.69. The first-order valence-corrected chi connectivity index (χ1v) is 3.58. The smallest absolute Gasteiger partial charge is 0.270 e. The van der Waals surface area contributed by atoms with Crippen molar-refractivity contribution in [2.75, 3.05) is 0 Å². The monoisotopic (exact) mass is 161 g/mol. The summed E-state index contributed by atoms with van der Waals surface area (Å²) in [6.07, 6.45) is 1.26. The normalized spacial score (nSPS) is 10.4. The number of rotatable bonds is 0. The molecule has 0 saturated heterocycles. The van der Waals surface area contributed by atoms with Gasteiger partial charge in [0.1, 0.15) is 5.52 Å². The molecule has 0 fully saturated rings. The van der Waals surface area contributed by atoms with E-state index in [1.807, 2.05) is 19.1 Å². The maximum absolute atomic E-state index is 11.1. The van der Waals surface area contributed by atoms with Crippen molar-refractivity contribution in [2.24, 2.45) is 0 Å². The number of benzene rings is 1. The van der Waals surface area contributed by atoms with Crippen molar-refractivity contribution in [1.29, 1.82) is 0 Å². The van der Waals surface area contributed by atoms with Crippen LogP contribution in [0.5, 0.6) is 0 Å². The molecule has 0 aliphatic heterocycles. The lowest BCUT2D eigenvalue weighted by Gasteiger charge is -1.97. The van der Waals surface area contributed by atoms with Crippen molar-refractivity contribution in [1.82, 2.24) is 10.1 Å². The molecule has 0 aliphatic rings. The van der Waals surface area contributed by atoms with Crippen LogP contribution in [0.3, 0.4) is 0 Å². The first-order valence-electron chi connectivity index (χ1n) is 3.58. The Kier molecular flexibility index (Phi) is 1.40. The number of hydrogen-bond donors (Lipinski definition) is 0. The summed E-state index contributed by atoms with van der Waals surface area (Å²) in [4.78, 5) is 4.54. The average molecular weight is 161 g/mol. The fraction of sp³-hybridized carbons (Fsp3) is 0.125. The Balaban J connectivity index is 2.86. The van der Waals surface area contributed by atoms with Crippen molar-refractivity contribution >= 4 is 11.0 Å². The van der Waals surface area contributed by atoms with E-state index in [2.05, 4.69) is 10.1 Å². The Morgan fingerprint density at radius 3 is 3.08 bits per heavy atom. The van der Waals surface area contributed by atoms with Crippen molar-refractivity contribution < 1.29 is 4.85 Å². The predicted octanol–water partition coefficient (Wildman–Crippen LogP) is 0.572. The minimum Gasteiger partial charge on any atom is -0.594 e. The van der Waals surface area contributed by atoms with E-state index < -0.39 is 0 Å². The summed E-state index contributed by atoms with van der Waals surface area (Å²) in [6.45, 7) is 1.96. The Morgan fingerprint density at radius 1 is 1.42 bits per heavy atom. The van der Waals surface area contributed by atoms with Crippen molar-refractivity contribution in [3.05, 3.63) is 35.3 Å². The van der Waals surface area contributed by atoms with Crippen LogP contribution in [0.25, 0.3) is 11.0 Å². The molecule has 0 amide bonds. The molecule has 4 nitrogen and oxygen atoms in total. The highest BCUT2D eigenvalue weighted by Gasteiger charge is 2.03. The fourth-order valence-corrected chi connectivity index (χ4v) is 1.10. The largest absolute Gasteiger partial charge is 0.594 e. The van der Waals surface area contributed by atoms with Crippen LogP contribution in [0.4, 0.5) is 0 Å². The standard InChI is InChI=1S/C8H7N3O/c1-6-2-3-8-7(4-6)9-5-10-11(8)12/h2-5H,1H3. The van der Waals surface area contributed by atoms with Crippen molar-refractivity contribution in [3.8, 4) is 0 Å². The summed E-state index contributed by atoms with van der Waals surface area (Å²) >= 11 is 0. The molecule has 0 radical (unpaired) electrons. The zero-order valence-electron chi connectivity index (χ0n) is 6.56. The molecule has 0 aliphatic carbocycles. The van der Waals surface area contributed by atoms with E-state index in [1.54, 1.807) is 6.07 Å². The van der Waals surface area contributed by atoms with Gasteiger partial charge in [0.15, 0.2) is 6.33 Å². The van der Waals surface area contributed by atoms with E-state index in [9.17, 15) is 5.21 Å². The molecule has 2 aromatic rings. The maximum Gasteiger partial charge on any atom is 0.270 e. The van der Waals surface area contributed by atoms with Gasteiger partial charge in [0.25, 0.3) is 5.52 Å². The zero-order valence-corrected chi connectivity index (χ0v) is 6.56. The lowest BCUT2D eigenvalue weighted by atomic mass is 10.2. The van der Waals surface area contributed by atoms with Gasteiger partial charge >= 0.3 is 0 Å². The molecule has 12 heavy (non-hydrogen) atoms. The fourth-order valence-electron chi connectivity index (χ4n) is 1.10. The summed E-state index contributed by atoms with van der Waals surface area (Å²) in [6, 6.07) is 5.43. The van der Waals surface area contributed by atoms with Gasteiger partial charge in [-0.05, 0) is 23.4 Å². The molecule has 0 spiro atoms. The van der Waals surface area contributed by atoms with Gasteiger partial charge in [-0.15, -0.1) is 0 Å². The van der Waals surface area contributed by atoms with Gasteiger partial charge in [0.2, 0.25) is 0 Å². The van der Waals surface area contributed by atoms with Gasteiger partial charge in [0, 0.05) is 11.2 Å². The van der Waals surface area contributed by atoms with Gasteiger partial charge in [-0.1, -0.05) is 6.07 Å². The van der Waals surface area contributed by atoms with Gasteiger partial charge in [-0.25, -0.2) is 4.98 Å². The van der Waals surface area contributed by atoms with Gasteiger partial charge in [-0.3, -0.25) is 0 Å². The SMILES string of the molecule is Cc1ccc2c(c1)ncn[n+]2[O-]. The van der Waals surface area contributed by atoms with E-state index in [-0.39, 0.29) is 0 Å². The summed E-state index contributed by atoms with van der Waals surface area (Å²) in [5.74, 6) is 0. The molecule has 0 saturated carbocycles. The van der Waals surface area contributed by atoms with Gasteiger partial charge in [0.05, 0.1) is 0 Å². The zero-order chi connectivity index (χ0) is 8.55. The summed E-state index contributed by atoms with van der Waals surface area (Å²) in [5, 5.41) is 14.5. The first-order chi connectivity index (χ1) is 5.77. The Morgan fingerprint density at radius 2 is 2.25 bits per heavy atom. The Hall–Kier alpha value is -1.71. The molecule has 2 rings (SSSR count). The second-order valence-electron chi connectivity index (χ2n) is 2.63. The van der Waals surface area contributed by atoms with Crippen LogP contribution in [0.1, 0.15) is 5.56 Å². The minimum absolute atomic E-state index is 0.503. The third-order valence-corrected chi connectivity index (χ3v) is 1.69. The Bertz CT molecular complexity index is 428. The highest BCUT2D eigenvalue weighted by molar-refractivity contribution is 5.70. The highest BCUT2D eigenvalue weighted by Crippen LogP contribution is 2.07. The van der Waals surface area contributed by atoms with Crippen LogP contribution in [-0.2, 0) is 0 Å². The molecular weight excluding hydrogens is 154 g/mol. The van der Waals surface area contributed by atoms with Crippen LogP contribution in [0.2, 0.25) is 0 Å². The minimum atomic E-state index is 0.503. The molecule has 1 heterocycles. The van der Waals surface area contributed by atoms with Crippen molar-refractivity contribution in [2.45, 2.75) is 6.92 Å². The lowest BCUT2D eigenvalue weighted by molar-refractivity contribution is -0.643. The average Bonchev–Trinajstić information content (AvgIpc) is 2.04. The van der Waals surface area contributed by atoms with Crippen LogP contribution in [-0.4, -0.2) is 10.1 Å². The third kappa shape index (κ3) is 0.972. The number of fused-ring (bicyclic) bond motifs is 1. The lowest BCUT2D eigenvalue weighted by Crippen LogP contribution is -2.31. The summed E-state index contributed by atoms with van der Waals surface area (Å²) < 4.78 is 0. The predicted molar refractivity (Wildman–Crippen MR) is 43.2 cm³/mol. The molecule has 0 atom stereocenters. The highest BCUT2D eigenvalue weighted by atomic mass is 16.5. The molecule has 1 aromatic heterocycles. The molecule has 60 valence electrons. The topological polar surface area (TPSA) is 52.7 Å². The molecular formula is C8H7N3O. The first kappa shape index (κ1) is 6.97. The number of aryl methyl sites for hydroxylation is 1. The summed E-state index contributed by atoms with van der Waals surface area (Å²) in [7, 11) is 0. The Labute approximate surface area is 69.1 Å². The van der Waals surface area contributed by atoms with E-state index in [0.717, 1.165) is 5.56 Å². The molecule has 0 unspecified atom stereocenters. The van der Waals surface area contributed by atoms with Gasteiger partial charge < -0.3 is 5.21 Å². The van der Waals surface area contributed by atoms with E-state index in [4.69, 9.17) is 0 Å². The van der Waals surface area contributed by atoms with E-state index >= 15 is 0 Å². The second-order valence-corrected chi connectivity index (χ2v) is 2.63. The van der Waals surface area contributed by atoms with Crippen LogP contribution in [0.15, 0.2) is 24.5 Å². The van der Waals surface area contributed by atoms with Crippen molar-refractivity contribution in [3.63, 3.8) is 0 Å². The maximum atomic E-state index is 11.1. The molecule has 1 aromatic carbocycles. The number of nitrogens with zero attached hydrogens (tertiary/aromatic N) is 3. The van der Waals surface area contributed by atoms with E-state index in [0.29, 0.717) is 15.9 Å². The van der Waals surface area contributed by atoms with Crippen LogP contribution >= 0.6 is 0 Å². The second kappa shape index (κ2) is 2.41. The molecule has 0 bridgehead atoms. The van der Waals surface area contributed by atoms with Crippen LogP contribution < -0.4 is 4.85 Å². The summed E-state index contributed by atoms with van der Waals surface area (Å²) in [5.41, 5.74) is 2.27. The van der Waals surface area contributed by atoms with Gasteiger partial charge in [-0.2, -0.15) is 0 Å². The quantitative estimate of drug-likeness (QED) is 0.419. The van der Waals surface area contributed by atoms with E-state index in [1.165, 1.54) is 6.33 Å². The van der Waals surface area contributed by atoms with Crippen LogP contribution in [0, 0.1) is 12.1 Å². The molecule has 4 heteroatoms.